The average molecular weight is 480 g/mol. The van der Waals surface area contributed by atoms with Gasteiger partial charge in [-0.15, -0.1) is 0 Å². The van der Waals surface area contributed by atoms with Crippen LogP contribution in [0.4, 0.5) is 10.1 Å². The van der Waals surface area contributed by atoms with Crippen molar-refractivity contribution in [2.24, 2.45) is 0 Å². The first-order valence-electron chi connectivity index (χ1n) is 10.6. The van der Waals surface area contributed by atoms with Crippen molar-refractivity contribution >= 4 is 27.5 Å². The predicted molar refractivity (Wildman–Crippen MR) is 125 cm³/mol. The SMILES string of the molecule is CCNC(=O)C(C)N(Cc1ccccc1F)C(=O)CN(c1ccc(OCC)cc1)S(C)(=O)=O. The highest BCUT2D eigenvalue weighted by Crippen LogP contribution is 2.22. The standard InChI is InChI=1S/C23H30FN3O5S/c1-5-25-23(29)17(3)26(15-18-9-7-8-10-21(18)24)22(28)16-27(33(4,30)31)19-11-13-20(14-12-19)32-6-2/h7-14,17H,5-6,15-16H2,1-4H3,(H,25,29). The summed E-state index contributed by atoms with van der Waals surface area (Å²) < 4.78 is 45.6. The topological polar surface area (TPSA) is 96.0 Å². The fourth-order valence-electron chi connectivity index (χ4n) is 3.20. The van der Waals surface area contributed by atoms with Gasteiger partial charge in [0, 0.05) is 18.7 Å². The Hall–Kier alpha value is -3.14. The summed E-state index contributed by atoms with van der Waals surface area (Å²) in [5.41, 5.74) is 0.486. The van der Waals surface area contributed by atoms with Gasteiger partial charge in [-0.25, -0.2) is 12.8 Å². The van der Waals surface area contributed by atoms with Crippen molar-refractivity contribution in [3.63, 3.8) is 0 Å². The monoisotopic (exact) mass is 479 g/mol. The van der Waals surface area contributed by atoms with Crippen LogP contribution in [0.5, 0.6) is 5.75 Å². The van der Waals surface area contributed by atoms with Crippen LogP contribution in [0.15, 0.2) is 48.5 Å². The second-order valence-corrected chi connectivity index (χ2v) is 9.29. The molecule has 0 saturated heterocycles. The van der Waals surface area contributed by atoms with Gasteiger partial charge in [0.15, 0.2) is 0 Å². The number of sulfonamides is 1. The fraction of sp³-hybridized carbons (Fsp3) is 0.391. The number of amides is 2. The third-order valence-corrected chi connectivity index (χ3v) is 6.07. The molecule has 10 heteroatoms. The van der Waals surface area contributed by atoms with E-state index in [-0.39, 0.29) is 17.8 Å². The number of carbonyl (C=O) groups is 2. The predicted octanol–water partition coefficient (Wildman–Crippen LogP) is 2.54. The Morgan fingerprint density at radius 2 is 1.73 bits per heavy atom. The normalized spacial score (nSPS) is 12.0. The molecule has 0 heterocycles. The molecule has 2 aromatic rings. The molecule has 180 valence electrons. The van der Waals surface area contributed by atoms with Gasteiger partial charge in [0.25, 0.3) is 0 Å². The van der Waals surface area contributed by atoms with Crippen molar-refractivity contribution in [1.82, 2.24) is 10.2 Å². The zero-order valence-corrected chi connectivity index (χ0v) is 20.1. The molecule has 0 radical (unpaired) electrons. The molecule has 0 aliphatic carbocycles. The van der Waals surface area contributed by atoms with Crippen molar-refractivity contribution in [1.29, 1.82) is 0 Å². The van der Waals surface area contributed by atoms with E-state index < -0.39 is 40.2 Å². The number of hydrogen-bond donors (Lipinski definition) is 1. The number of rotatable bonds is 11. The molecule has 1 N–H and O–H groups in total. The van der Waals surface area contributed by atoms with Crippen LogP contribution in [0.25, 0.3) is 0 Å². The number of nitrogens with one attached hydrogen (secondary N) is 1. The summed E-state index contributed by atoms with van der Waals surface area (Å²) in [5, 5.41) is 2.64. The summed E-state index contributed by atoms with van der Waals surface area (Å²) in [6.45, 7) is 5.16. The first-order valence-corrected chi connectivity index (χ1v) is 12.4. The van der Waals surface area contributed by atoms with Crippen LogP contribution in [0.2, 0.25) is 0 Å². The Labute approximate surface area is 194 Å². The van der Waals surface area contributed by atoms with Crippen LogP contribution >= 0.6 is 0 Å². The maximum Gasteiger partial charge on any atom is 0.244 e. The quantitative estimate of drug-likeness (QED) is 0.534. The lowest BCUT2D eigenvalue weighted by Crippen LogP contribution is -2.51. The largest absolute Gasteiger partial charge is 0.494 e. The summed E-state index contributed by atoms with van der Waals surface area (Å²) in [7, 11) is -3.84. The molecule has 0 fully saturated rings. The molecular formula is C23H30FN3O5S. The molecular weight excluding hydrogens is 449 g/mol. The molecule has 2 amide bonds. The molecule has 2 aromatic carbocycles. The number of likely N-dealkylation sites (N-methyl/N-ethyl adjacent to an activating group) is 1. The summed E-state index contributed by atoms with van der Waals surface area (Å²) >= 11 is 0. The van der Waals surface area contributed by atoms with Crippen LogP contribution in [0, 0.1) is 5.82 Å². The lowest BCUT2D eigenvalue weighted by atomic mass is 10.1. The molecule has 0 aliphatic heterocycles. The molecule has 33 heavy (non-hydrogen) atoms. The van der Waals surface area contributed by atoms with Crippen LogP contribution < -0.4 is 14.4 Å². The van der Waals surface area contributed by atoms with Gasteiger partial charge in [0.2, 0.25) is 21.8 Å². The van der Waals surface area contributed by atoms with Crippen molar-refractivity contribution in [2.45, 2.75) is 33.4 Å². The van der Waals surface area contributed by atoms with Crippen LogP contribution in [-0.4, -0.2) is 57.1 Å². The van der Waals surface area contributed by atoms with E-state index in [9.17, 15) is 22.4 Å². The van der Waals surface area contributed by atoms with E-state index in [4.69, 9.17) is 4.74 Å². The van der Waals surface area contributed by atoms with E-state index in [2.05, 4.69) is 5.32 Å². The summed E-state index contributed by atoms with van der Waals surface area (Å²) in [6.07, 6.45) is 0.991. The molecule has 0 aromatic heterocycles. The minimum absolute atomic E-state index is 0.190. The van der Waals surface area contributed by atoms with Crippen LogP contribution in [0.3, 0.4) is 0 Å². The second-order valence-electron chi connectivity index (χ2n) is 7.38. The lowest BCUT2D eigenvalue weighted by Gasteiger charge is -2.31. The van der Waals surface area contributed by atoms with E-state index in [0.29, 0.717) is 18.9 Å². The molecule has 0 saturated carbocycles. The number of ether oxygens (including phenoxy) is 1. The molecule has 0 spiro atoms. The van der Waals surface area contributed by atoms with Crippen LogP contribution in [0.1, 0.15) is 26.3 Å². The number of nitrogens with zero attached hydrogens (tertiary/aromatic N) is 2. The Kier molecular flexibility index (Phi) is 9.22. The average Bonchev–Trinajstić information content (AvgIpc) is 2.76. The first kappa shape index (κ1) is 26.1. The Bertz CT molecular complexity index is 1060. The number of hydrogen-bond acceptors (Lipinski definition) is 5. The highest BCUT2D eigenvalue weighted by molar-refractivity contribution is 7.92. The molecule has 2 rings (SSSR count). The number of halogens is 1. The molecule has 0 bridgehead atoms. The summed E-state index contributed by atoms with van der Waals surface area (Å²) in [5.74, 6) is -1.03. The van der Waals surface area contributed by atoms with Gasteiger partial charge in [-0.1, -0.05) is 18.2 Å². The molecule has 1 unspecified atom stereocenters. The molecule has 1 atom stereocenters. The van der Waals surface area contributed by atoms with Gasteiger partial charge in [0.1, 0.15) is 24.2 Å². The number of carbonyl (C=O) groups excluding carboxylic acids is 2. The van der Waals surface area contributed by atoms with Crippen molar-refractivity contribution in [3.05, 3.63) is 59.9 Å². The van der Waals surface area contributed by atoms with E-state index >= 15 is 0 Å². The second kappa shape index (κ2) is 11.6. The van der Waals surface area contributed by atoms with E-state index in [0.717, 1.165) is 10.6 Å². The van der Waals surface area contributed by atoms with Gasteiger partial charge < -0.3 is 15.0 Å². The zero-order valence-electron chi connectivity index (χ0n) is 19.2. The van der Waals surface area contributed by atoms with Gasteiger partial charge >= 0.3 is 0 Å². The highest BCUT2D eigenvalue weighted by Gasteiger charge is 2.30. The Morgan fingerprint density at radius 1 is 1.09 bits per heavy atom. The lowest BCUT2D eigenvalue weighted by molar-refractivity contribution is -0.139. The van der Waals surface area contributed by atoms with Gasteiger partial charge in [-0.3, -0.25) is 13.9 Å². The summed E-state index contributed by atoms with van der Waals surface area (Å²) in [6, 6.07) is 11.3. The minimum atomic E-state index is -3.84. The van der Waals surface area contributed by atoms with Crippen molar-refractivity contribution < 1.29 is 27.1 Å². The Morgan fingerprint density at radius 3 is 2.27 bits per heavy atom. The molecule has 0 aliphatic rings. The van der Waals surface area contributed by atoms with Crippen LogP contribution in [-0.2, 0) is 26.2 Å². The van der Waals surface area contributed by atoms with Gasteiger partial charge in [-0.2, -0.15) is 0 Å². The van der Waals surface area contributed by atoms with E-state index in [1.54, 1.807) is 25.1 Å². The maximum atomic E-state index is 14.3. The number of anilines is 1. The third-order valence-electron chi connectivity index (χ3n) is 4.93. The maximum absolute atomic E-state index is 14.3. The first-order chi connectivity index (χ1) is 15.6. The summed E-state index contributed by atoms with van der Waals surface area (Å²) in [4.78, 5) is 26.9. The third kappa shape index (κ3) is 7.18. The van der Waals surface area contributed by atoms with Gasteiger partial charge in [0.05, 0.1) is 18.6 Å². The number of benzene rings is 2. The van der Waals surface area contributed by atoms with E-state index in [1.165, 1.54) is 42.2 Å². The fourth-order valence-corrected chi connectivity index (χ4v) is 4.05. The molecule has 8 nitrogen and oxygen atoms in total. The zero-order chi connectivity index (χ0) is 24.6. The van der Waals surface area contributed by atoms with Crippen molar-refractivity contribution in [3.8, 4) is 5.75 Å². The van der Waals surface area contributed by atoms with Crippen molar-refractivity contribution in [2.75, 3.05) is 30.3 Å². The smallest absolute Gasteiger partial charge is 0.244 e. The van der Waals surface area contributed by atoms with E-state index in [1.807, 2.05) is 6.92 Å². The minimum Gasteiger partial charge on any atom is -0.494 e. The Balaban J connectivity index is 2.37. The van der Waals surface area contributed by atoms with Gasteiger partial charge in [-0.05, 0) is 51.1 Å². The highest BCUT2D eigenvalue weighted by atomic mass is 32.2.